The minimum absolute atomic E-state index is 0.167. The lowest BCUT2D eigenvalue weighted by molar-refractivity contribution is -0.145. The van der Waals surface area contributed by atoms with Gasteiger partial charge in [-0.05, 0) is 16.7 Å². The molecule has 0 aromatic heterocycles. The van der Waals surface area contributed by atoms with Crippen molar-refractivity contribution in [3.8, 4) is 0 Å². The second-order valence-electron chi connectivity index (χ2n) is 5.66. The fourth-order valence-electron chi connectivity index (χ4n) is 3.34. The van der Waals surface area contributed by atoms with Crippen LogP contribution in [-0.2, 0) is 21.5 Å². The van der Waals surface area contributed by atoms with E-state index in [2.05, 4.69) is 0 Å². The quantitative estimate of drug-likeness (QED) is 0.946. The maximum absolute atomic E-state index is 13.0. The lowest BCUT2D eigenvalue weighted by Gasteiger charge is -2.41. The molecule has 4 nitrogen and oxygen atoms in total. The maximum Gasteiger partial charge on any atom is 0.305 e. The van der Waals surface area contributed by atoms with Crippen molar-refractivity contribution in [2.45, 2.75) is 18.4 Å². The highest BCUT2D eigenvalue weighted by atomic mass is 16.4. The van der Waals surface area contributed by atoms with Gasteiger partial charge in [-0.3, -0.25) is 9.59 Å². The summed E-state index contributed by atoms with van der Waals surface area (Å²) in [6.07, 6.45) is -0.253. The maximum atomic E-state index is 13.0. The molecule has 0 radical (unpaired) electrons. The summed E-state index contributed by atoms with van der Waals surface area (Å²) in [6.45, 7) is 0.503. The van der Waals surface area contributed by atoms with Gasteiger partial charge in [0.15, 0.2) is 0 Å². The number of benzene rings is 2. The number of hydrogen-bond donors (Lipinski definition) is 1. The van der Waals surface area contributed by atoms with Crippen molar-refractivity contribution in [3.63, 3.8) is 0 Å². The van der Waals surface area contributed by atoms with Crippen LogP contribution in [-0.4, -0.2) is 28.9 Å². The van der Waals surface area contributed by atoms with Crippen molar-refractivity contribution in [1.29, 1.82) is 0 Å². The molecule has 22 heavy (non-hydrogen) atoms. The molecule has 1 heterocycles. The van der Waals surface area contributed by atoms with E-state index in [9.17, 15) is 14.7 Å². The van der Waals surface area contributed by atoms with Crippen LogP contribution in [0.2, 0.25) is 0 Å². The molecule has 0 aliphatic carbocycles. The molecular weight excluding hydrogens is 278 g/mol. The third-order valence-electron chi connectivity index (χ3n) is 4.28. The van der Waals surface area contributed by atoms with Crippen molar-refractivity contribution >= 4 is 11.9 Å². The van der Waals surface area contributed by atoms with E-state index in [1.165, 1.54) is 0 Å². The number of likely N-dealkylation sites (N-methyl/N-ethyl adjacent to an activating group) is 1. The molecule has 0 saturated carbocycles. The van der Waals surface area contributed by atoms with Crippen molar-refractivity contribution in [2.24, 2.45) is 0 Å². The molecule has 1 atom stereocenters. The van der Waals surface area contributed by atoms with Crippen LogP contribution in [0.5, 0.6) is 0 Å². The van der Waals surface area contributed by atoms with Gasteiger partial charge in [-0.15, -0.1) is 0 Å². The highest BCUT2D eigenvalue weighted by Crippen LogP contribution is 2.42. The van der Waals surface area contributed by atoms with Gasteiger partial charge in [0, 0.05) is 13.6 Å². The Balaban J connectivity index is 2.32. The van der Waals surface area contributed by atoms with Gasteiger partial charge in [0.1, 0.15) is 5.41 Å². The third kappa shape index (κ3) is 2.08. The number of carboxylic acid groups (broad SMARTS) is 1. The smallest absolute Gasteiger partial charge is 0.305 e. The summed E-state index contributed by atoms with van der Waals surface area (Å²) in [4.78, 5) is 26.2. The molecule has 3 rings (SSSR count). The highest BCUT2D eigenvalue weighted by molar-refractivity contribution is 5.97. The first-order chi connectivity index (χ1) is 10.6. The van der Waals surface area contributed by atoms with Gasteiger partial charge in [0.05, 0.1) is 6.42 Å². The monoisotopic (exact) mass is 295 g/mol. The van der Waals surface area contributed by atoms with E-state index in [0.717, 1.165) is 16.7 Å². The minimum Gasteiger partial charge on any atom is -0.481 e. The number of carbonyl (C=O) groups is 2. The molecule has 2 aromatic rings. The topological polar surface area (TPSA) is 57.6 Å². The molecule has 4 heteroatoms. The molecule has 0 bridgehead atoms. The standard InChI is InChI=1S/C18H17NO3/c1-19-12-13-7-5-6-10-15(13)18(17(19)22,11-16(20)21)14-8-3-2-4-9-14/h2-10H,11-12H2,1H3,(H,20,21). The Bertz CT molecular complexity index is 726. The molecule has 112 valence electrons. The van der Waals surface area contributed by atoms with Gasteiger partial charge in [-0.2, -0.15) is 0 Å². The van der Waals surface area contributed by atoms with Crippen LogP contribution >= 0.6 is 0 Å². The molecule has 1 unspecified atom stereocenters. The molecule has 1 amide bonds. The summed E-state index contributed by atoms with van der Waals surface area (Å²) >= 11 is 0. The first kappa shape index (κ1) is 14.3. The van der Waals surface area contributed by atoms with Crippen molar-refractivity contribution < 1.29 is 14.7 Å². The predicted octanol–water partition coefficient (Wildman–Crippen LogP) is 2.42. The molecule has 0 fully saturated rings. The van der Waals surface area contributed by atoms with Crippen LogP contribution in [0.4, 0.5) is 0 Å². The van der Waals surface area contributed by atoms with Crippen LogP contribution in [0.15, 0.2) is 54.6 Å². The second kappa shape index (κ2) is 5.30. The van der Waals surface area contributed by atoms with E-state index in [4.69, 9.17) is 0 Å². The largest absolute Gasteiger partial charge is 0.481 e. The van der Waals surface area contributed by atoms with E-state index < -0.39 is 11.4 Å². The van der Waals surface area contributed by atoms with Gasteiger partial charge < -0.3 is 10.0 Å². The van der Waals surface area contributed by atoms with E-state index in [1.807, 2.05) is 54.6 Å². The molecule has 1 aliphatic heterocycles. The summed E-state index contributed by atoms with van der Waals surface area (Å²) in [7, 11) is 1.72. The number of aliphatic carboxylic acids is 1. The zero-order chi connectivity index (χ0) is 15.7. The first-order valence-corrected chi connectivity index (χ1v) is 7.17. The SMILES string of the molecule is CN1Cc2ccccc2C(CC(=O)O)(c2ccccc2)C1=O. The van der Waals surface area contributed by atoms with Crippen LogP contribution < -0.4 is 0 Å². The van der Waals surface area contributed by atoms with Gasteiger partial charge in [0.25, 0.3) is 0 Å². The van der Waals surface area contributed by atoms with Gasteiger partial charge in [-0.25, -0.2) is 0 Å². The van der Waals surface area contributed by atoms with E-state index in [-0.39, 0.29) is 12.3 Å². The second-order valence-corrected chi connectivity index (χ2v) is 5.66. The Labute approximate surface area is 129 Å². The van der Waals surface area contributed by atoms with Crippen LogP contribution in [0, 0.1) is 0 Å². The number of hydrogen-bond acceptors (Lipinski definition) is 2. The molecule has 2 aromatic carbocycles. The highest BCUT2D eigenvalue weighted by Gasteiger charge is 2.49. The lowest BCUT2D eigenvalue weighted by atomic mass is 9.67. The summed E-state index contributed by atoms with van der Waals surface area (Å²) in [6, 6.07) is 16.8. The Hall–Kier alpha value is -2.62. The zero-order valence-electron chi connectivity index (χ0n) is 12.3. The molecule has 0 spiro atoms. The molecule has 0 saturated heterocycles. The summed E-state index contributed by atoms with van der Waals surface area (Å²) in [5.74, 6) is -1.15. The Morgan fingerprint density at radius 1 is 1.14 bits per heavy atom. The van der Waals surface area contributed by atoms with Crippen LogP contribution in [0.1, 0.15) is 23.1 Å². The number of carboxylic acids is 1. The molecule has 1 N–H and O–H groups in total. The third-order valence-corrected chi connectivity index (χ3v) is 4.28. The van der Waals surface area contributed by atoms with Gasteiger partial charge in [0.2, 0.25) is 5.91 Å². The van der Waals surface area contributed by atoms with E-state index in [0.29, 0.717) is 6.54 Å². The van der Waals surface area contributed by atoms with Crippen molar-refractivity contribution in [2.75, 3.05) is 7.05 Å². The zero-order valence-corrected chi connectivity index (χ0v) is 12.3. The van der Waals surface area contributed by atoms with Crippen LogP contribution in [0.3, 0.4) is 0 Å². The predicted molar refractivity (Wildman–Crippen MR) is 82.4 cm³/mol. The van der Waals surface area contributed by atoms with Crippen LogP contribution in [0.25, 0.3) is 0 Å². The number of fused-ring (bicyclic) bond motifs is 1. The van der Waals surface area contributed by atoms with Gasteiger partial charge in [-0.1, -0.05) is 54.6 Å². The van der Waals surface area contributed by atoms with E-state index >= 15 is 0 Å². The first-order valence-electron chi connectivity index (χ1n) is 7.17. The summed E-state index contributed by atoms with van der Waals surface area (Å²) in [5.41, 5.74) is 1.36. The fourth-order valence-corrected chi connectivity index (χ4v) is 3.34. The molecular formula is C18H17NO3. The Morgan fingerprint density at radius 3 is 2.45 bits per heavy atom. The fraction of sp³-hybridized carbons (Fsp3) is 0.222. The average Bonchev–Trinajstić information content (AvgIpc) is 2.52. The van der Waals surface area contributed by atoms with Crippen molar-refractivity contribution in [3.05, 3.63) is 71.3 Å². The van der Waals surface area contributed by atoms with Crippen molar-refractivity contribution in [1.82, 2.24) is 4.90 Å². The Morgan fingerprint density at radius 2 is 1.77 bits per heavy atom. The normalized spacial score (nSPS) is 20.6. The number of amides is 1. The average molecular weight is 295 g/mol. The number of rotatable bonds is 3. The van der Waals surface area contributed by atoms with E-state index in [1.54, 1.807) is 11.9 Å². The molecule has 1 aliphatic rings. The van der Waals surface area contributed by atoms with Gasteiger partial charge >= 0.3 is 5.97 Å². The number of nitrogens with zero attached hydrogens (tertiary/aromatic N) is 1. The summed E-state index contributed by atoms with van der Waals surface area (Å²) in [5, 5.41) is 9.45. The minimum atomic E-state index is -1.16. The Kier molecular flexibility index (Phi) is 3.45. The number of carbonyl (C=O) groups excluding carboxylic acids is 1. The summed E-state index contributed by atoms with van der Waals surface area (Å²) < 4.78 is 0. The lowest BCUT2D eigenvalue weighted by Crippen LogP contribution is -2.51.